The van der Waals surface area contributed by atoms with Gasteiger partial charge in [-0.2, -0.15) is 0 Å². The highest BCUT2D eigenvalue weighted by molar-refractivity contribution is 9.10. The highest BCUT2D eigenvalue weighted by atomic mass is 79.9. The van der Waals surface area contributed by atoms with Crippen molar-refractivity contribution < 1.29 is 19.7 Å². The van der Waals surface area contributed by atoms with Crippen molar-refractivity contribution in [2.24, 2.45) is 0 Å². The molecule has 0 saturated carbocycles. The Labute approximate surface area is 184 Å². The Morgan fingerprint density at radius 2 is 1.06 bits per heavy atom. The predicted octanol–water partition coefficient (Wildman–Crippen LogP) is 7.44. The van der Waals surface area contributed by atoms with Gasteiger partial charge in [-0.05, 0) is 43.5 Å². The molecule has 0 unspecified atom stereocenters. The number of fused-ring (bicyclic) bond motifs is 5. The molecule has 0 bridgehead atoms. The van der Waals surface area contributed by atoms with Crippen molar-refractivity contribution in [2.45, 2.75) is 0 Å². The van der Waals surface area contributed by atoms with Gasteiger partial charge in [0, 0.05) is 15.4 Å². The lowest BCUT2D eigenvalue weighted by molar-refractivity contribution is 0.398. The Morgan fingerprint density at radius 1 is 0.548 bits per heavy atom. The number of hydrogen-bond donors (Lipinski definition) is 3. The van der Waals surface area contributed by atoms with Gasteiger partial charge in [0.1, 0.15) is 11.3 Å². The van der Waals surface area contributed by atoms with Gasteiger partial charge in [-0.25, -0.2) is 0 Å². The Morgan fingerprint density at radius 3 is 1.68 bits per heavy atom. The summed E-state index contributed by atoms with van der Waals surface area (Å²) in [6.07, 6.45) is 0. The number of aromatic hydroxyl groups is 3. The Balaban J connectivity index is 1.90. The molecule has 6 rings (SSSR count). The fourth-order valence-corrected chi connectivity index (χ4v) is 5.18. The van der Waals surface area contributed by atoms with Crippen molar-refractivity contribution in [3.63, 3.8) is 0 Å². The normalized spacial score (nSPS) is 11.8. The highest BCUT2D eigenvalue weighted by Gasteiger charge is 2.27. The molecule has 0 fully saturated rings. The van der Waals surface area contributed by atoms with Crippen molar-refractivity contribution in [1.29, 1.82) is 0 Å². The third-order valence-corrected chi connectivity index (χ3v) is 6.72. The van der Waals surface area contributed by atoms with Crippen molar-refractivity contribution in [1.82, 2.24) is 0 Å². The quantitative estimate of drug-likeness (QED) is 0.132. The van der Waals surface area contributed by atoms with E-state index in [1.807, 2.05) is 66.7 Å². The lowest BCUT2D eigenvalue weighted by Gasteiger charge is -2.17. The molecule has 4 nitrogen and oxygen atoms in total. The summed E-state index contributed by atoms with van der Waals surface area (Å²) in [5.74, 6) is -0.940. The molecule has 0 atom stereocenters. The van der Waals surface area contributed by atoms with Gasteiger partial charge in [0.05, 0.1) is 10.9 Å². The largest absolute Gasteiger partial charge is 0.506 e. The number of furan rings is 1. The molecule has 0 amide bonds. The second kappa shape index (κ2) is 6.40. The Hall–Kier alpha value is -3.70. The van der Waals surface area contributed by atoms with E-state index in [0.717, 1.165) is 26.0 Å². The van der Waals surface area contributed by atoms with Crippen LogP contribution in [0.3, 0.4) is 0 Å². The maximum Gasteiger partial charge on any atom is 0.202 e. The molecule has 5 heteroatoms. The third-order valence-electron chi connectivity index (χ3n) is 5.86. The summed E-state index contributed by atoms with van der Waals surface area (Å²) in [6.45, 7) is 0. The molecule has 6 aromatic rings. The number of halogens is 1. The molecule has 0 radical (unpaired) electrons. The predicted molar refractivity (Wildman–Crippen MR) is 127 cm³/mol. The number of para-hydroxylation sites is 1. The van der Waals surface area contributed by atoms with Crippen LogP contribution in [0.5, 0.6) is 17.2 Å². The topological polar surface area (TPSA) is 73.8 Å². The molecule has 31 heavy (non-hydrogen) atoms. The van der Waals surface area contributed by atoms with Gasteiger partial charge in [0.2, 0.25) is 5.75 Å². The standard InChI is InChI=1S/C26H15BrO4/c27-22-15-9-3-1-7-13(15)19(14-8-2-4-10-16(14)22)21-23(28)20-17-11-5-6-12-18(17)31-26(20)25(30)24(21)29/h1-12,28-30H. The second-order valence-electron chi connectivity index (χ2n) is 7.50. The van der Waals surface area contributed by atoms with Crippen molar-refractivity contribution in [3.8, 4) is 28.4 Å². The first-order chi connectivity index (χ1) is 15.1. The minimum absolute atomic E-state index is 0.0608. The van der Waals surface area contributed by atoms with Crippen LogP contribution in [-0.4, -0.2) is 15.3 Å². The van der Waals surface area contributed by atoms with E-state index in [-0.39, 0.29) is 16.9 Å². The zero-order valence-electron chi connectivity index (χ0n) is 16.1. The van der Waals surface area contributed by atoms with E-state index in [1.54, 1.807) is 6.07 Å². The molecule has 0 spiro atoms. The fourth-order valence-electron chi connectivity index (χ4n) is 4.49. The number of hydrogen-bond acceptors (Lipinski definition) is 4. The summed E-state index contributed by atoms with van der Waals surface area (Å²) in [6, 6.07) is 22.8. The van der Waals surface area contributed by atoms with Crippen molar-refractivity contribution in [3.05, 3.63) is 77.3 Å². The van der Waals surface area contributed by atoms with Crippen LogP contribution in [0.1, 0.15) is 0 Å². The second-order valence-corrected chi connectivity index (χ2v) is 8.30. The molecular weight excluding hydrogens is 456 g/mol. The van der Waals surface area contributed by atoms with Crippen LogP contribution >= 0.6 is 15.9 Å². The Kier molecular flexibility index (Phi) is 3.73. The summed E-state index contributed by atoms with van der Waals surface area (Å²) < 4.78 is 6.68. The van der Waals surface area contributed by atoms with Crippen molar-refractivity contribution in [2.75, 3.05) is 0 Å². The molecule has 0 aliphatic rings. The molecule has 3 N–H and O–H groups in total. The van der Waals surface area contributed by atoms with E-state index < -0.39 is 11.5 Å². The minimum Gasteiger partial charge on any atom is -0.506 e. The van der Waals surface area contributed by atoms with E-state index in [2.05, 4.69) is 15.9 Å². The lowest BCUT2D eigenvalue weighted by atomic mass is 9.90. The zero-order chi connectivity index (χ0) is 21.3. The molecule has 0 aliphatic carbocycles. The van der Waals surface area contributed by atoms with E-state index in [4.69, 9.17) is 4.42 Å². The average Bonchev–Trinajstić information content (AvgIpc) is 3.20. The van der Waals surface area contributed by atoms with Gasteiger partial charge in [-0.3, -0.25) is 0 Å². The molecule has 150 valence electrons. The molecule has 0 saturated heterocycles. The number of rotatable bonds is 1. The first kappa shape index (κ1) is 18.1. The average molecular weight is 471 g/mol. The molecular formula is C26H15BrO4. The number of phenols is 3. The SMILES string of the molecule is Oc1c(-c2c3ccccc3c(Br)c3ccccc23)c(O)c2c(oc3ccccc32)c1O. The van der Waals surface area contributed by atoms with Gasteiger partial charge in [-0.1, -0.05) is 66.7 Å². The lowest BCUT2D eigenvalue weighted by Crippen LogP contribution is -1.90. The molecule has 1 aromatic heterocycles. The van der Waals surface area contributed by atoms with Gasteiger partial charge >= 0.3 is 0 Å². The van der Waals surface area contributed by atoms with E-state index in [9.17, 15) is 15.3 Å². The van der Waals surface area contributed by atoms with Crippen molar-refractivity contribution >= 4 is 59.4 Å². The van der Waals surface area contributed by atoms with Gasteiger partial charge in [0.15, 0.2) is 11.3 Å². The van der Waals surface area contributed by atoms with Gasteiger partial charge < -0.3 is 19.7 Å². The minimum atomic E-state index is -0.415. The van der Waals surface area contributed by atoms with Crippen LogP contribution < -0.4 is 0 Å². The fraction of sp³-hybridized carbons (Fsp3) is 0. The first-order valence-electron chi connectivity index (χ1n) is 9.75. The smallest absolute Gasteiger partial charge is 0.202 e. The van der Waals surface area contributed by atoms with Crippen LogP contribution in [0.15, 0.2) is 81.7 Å². The summed E-state index contributed by atoms with van der Waals surface area (Å²) >= 11 is 3.72. The number of phenolic OH excluding ortho intramolecular Hbond substituents is 3. The van der Waals surface area contributed by atoms with E-state index >= 15 is 0 Å². The monoisotopic (exact) mass is 470 g/mol. The van der Waals surface area contributed by atoms with Gasteiger partial charge in [-0.15, -0.1) is 0 Å². The maximum absolute atomic E-state index is 11.4. The summed E-state index contributed by atoms with van der Waals surface area (Å²) in [5.41, 5.74) is 1.40. The molecule has 1 heterocycles. The molecule has 0 aliphatic heterocycles. The highest BCUT2D eigenvalue weighted by Crippen LogP contribution is 2.55. The van der Waals surface area contributed by atoms with E-state index in [1.165, 1.54) is 0 Å². The number of benzene rings is 5. The van der Waals surface area contributed by atoms with E-state index in [0.29, 0.717) is 21.9 Å². The third kappa shape index (κ3) is 2.35. The molecule has 5 aromatic carbocycles. The summed E-state index contributed by atoms with van der Waals surface area (Å²) in [4.78, 5) is 0. The zero-order valence-corrected chi connectivity index (χ0v) is 17.6. The Bertz CT molecular complexity index is 1620. The van der Waals surface area contributed by atoms with Crippen LogP contribution in [0, 0.1) is 0 Å². The summed E-state index contributed by atoms with van der Waals surface area (Å²) in [7, 11) is 0. The maximum atomic E-state index is 11.4. The van der Waals surface area contributed by atoms with Gasteiger partial charge in [0.25, 0.3) is 0 Å². The van der Waals surface area contributed by atoms with Crippen LogP contribution in [0.2, 0.25) is 0 Å². The van der Waals surface area contributed by atoms with Crippen LogP contribution in [-0.2, 0) is 0 Å². The summed E-state index contributed by atoms with van der Waals surface area (Å²) in [5, 5.41) is 37.9. The first-order valence-corrected chi connectivity index (χ1v) is 10.5. The van der Waals surface area contributed by atoms with Crippen LogP contribution in [0.4, 0.5) is 0 Å². The van der Waals surface area contributed by atoms with Crippen LogP contribution in [0.25, 0.3) is 54.6 Å².